The minimum absolute atomic E-state index is 0.237. The number of hydrogen-bond acceptors (Lipinski definition) is 4. The number of carboxylic acid groups (broad SMARTS) is 1. The Morgan fingerprint density at radius 2 is 2.00 bits per heavy atom. The van der Waals surface area contributed by atoms with Gasteiger partial charge in [-0.05, 0) is 18.2 Å². The molecule has 0 aliphatic carbocycles. The third kappa shape index (κ3) is 5.07. The van der Waals surface area contributed by atoms with E-state index in [0.29, 0.717) is 4.47 Å². The lowest BCUT2D eigenvalue weighted by Gasteiger charge is -2.08. The van der Waals surface area contributed by atoms with Gasteiger partial charge in [0.25, 0.3) is 0 Å². The molecule has 104 valence electrons. The normalized spacial score (nSPS) is 9.40. The highest BCUT2D eigenvalue weighted by Crippen LogP contribution is 2.20. The Kier molecular flexibility index (Phi) is 5.68. The minimum Gasteiger partial charge on any atom is -0.481 e. The average molecular weight is 340 g/mol. The molecule has 0 fully saturated rings. The summed E-state index contributed by atoms with van der Waals surface area (Å²) in [7, 11) is 0. The molecule has 1 aromatic carbocycles. The Morgan fingerprint density at radius 3 is 2.60 bits per heavy atom. The number of amides is 3. The zero-order chi connectivity index (χ0) is 15.1. The number of benzene rings is 1. The Bertz CT molecular complexity index is 595. The summed E-state index contributed by atoms with van der Waals surface area (Å²) >= 11 is 3.19. The number of rotatable bonds is 4. The molecule has 0 aromatic heterocycles. The third-order valence-corrected chi connectivity index (χ3v) is 2.66. The van der Waals surface area contributed by atoms with Gasteiger partial charge in [0.05, 0.1) is 17.7 Å². The fraction of sp³-hybridized carbons (Fsp3) is 0.167. The van der Waals surface area contributed by atoms with Gasteiger partial charge in [-0.15, -0.1) is 0 Å². The molecule has 1 rings (SSSR count). The summed E-state index contributed by atoms with van der Waals surface area (Å²) in [5, 5.41) is 21.6. The second-order valence-electron chi connectivity index (χ2n) is 3.70. The standard InChI is InChI=1S/C12H10BrN3O4/c13-8-2-1-7(6-14)9(5-8)15-12(20)16-10(17)3-4-11(18)19/h1-2,5H,3-4H2,(H,18,19)(H2,15,16,17,20). The van der Waals surface area contributed by atoms with E-state index >= 15 is 0 Å². The van der Waals surface area contributed by atoms with Crippen molar-refractivity contribution in [3.8, 4) is 6.07 Å². The lowest BCUT2D eigenvalue weighted by atomic mass is 10.2. The number of carbonyl (C=O) groups is 3. The van der Waals surface area contributed by atoms with Crippen molar-refractivity contribution in [1.82, 2.24) is 5.32 Å². The van der Waals surface area contributed by atoms with E-state index in [1.165, 1.54) is 12.1 Å². The lowest BCUT2D eigenvalue weighted by Crippen LogP contribution is -2.34. The topological polar surface area (TPSA) is 119 Å². The summed E-state index contributed by atoms with van der Waals surface area (Å²) in [5.74, 6) is -1.84. The fourth-order valence-corrected chi connectivity index (χ4v) is 1.64. The Balaban J connectivity index is 2.63. The van der Waals surface area contributed by atoms with Crippen molar-refractivity contribution in [3.05, 3.63) is 28.2 Å². The number of hydrogen-bond donors (Lipinski definition) is 3. The number of nitriles is 1. The van der Waals surface area contributed by atoms with Gasteiger partial charge >= 0.3 is 12.0 Å². The molecule has 0 heterocycles. The first-order chi connectivity index (χ1) is 9.42. The molecule has 0 aliphatic rings. The number of anilines is 1. The van der Waals surface area contributed by atoms with Gasteiger partial charge in [0, 0.05) is 10.9 Å². The van der Waals surface area contributed by atoms with Crippen molar-refractivity contribution in [2.75, 3.05) is 5.32 Å². The van der Waals surface area contributed by atoms with E-state index in [1.54, 1.807) is 6.07 Å². The van der Waals surface area contributed by atoms with Gasteiger partial charge < -0.3 is 10.4 Å². The largest absolute Gasteiger partial charge is 0.481 e. The number of halogens is 1. The molecule has 0 saturated heterocycles. The number of nitrogens with one attached hydrogen (secondary N) is 2. The number of imide groups is 1. The molecule has 0 aliphatic heterocycles. The van der Waals surface area contributed by atoms with E-state index in [4.69, 9.17) is 10.4 Å². The first-order valence-electron chi connectivity index (χ1n) is 5.44. The van der Waals surface area contributed by atoms with Crippen LogP contribution in [0.1, 0.15) is 18.4 Å². The summed E-state index contributed by atoms with van der Waals surface area (Å²) in [6.07, 6.45) is -0.661. The number of aliphatic carboxylic acids is 1. The maximum absolute atomic E-state index is 11.5. The van der Waals surface area contributed by atoms with E-state index in [9.17, 15) is 14.4 Å². The van der Waals surface area contributed by atoms with Gasteiger partial charge in [-0.3, -0.25) is 14.9 Å². The van der Waals surface area contributed by atoms with Crippen LogP contribution in [0.15, 0.2) is 22.7 Å². The average Bonchev–Trinajstić information content (AvgIpc) is 2.36. The molecule has 1 aromatic rings. The van der Waals surface area contributed by atoms with Crippen LogP contribution in [-0.4, -0.2) is 23.0 Å². The molecule has 3 N–H and O–H groups in total. The van der Waals surface area contributed by atoms with Crippen LogP contribution in [0.2, 0.25) is 0 Å². The zero-order valence-corrected chi connectivity index (χ0v) is 11.7. The second kappa shape index (κ2) is 7.25. The summed E-state index contributed by atoms with van der Waals surface area (Å²) < 4.78 is 0.656. The van der Waals surface area contributed by atoms with Gasteiger partial charge in [-0.1, -0.05) is 15.9 Å². The first-order valence-corrected chi connectivity index (χ1v) is 6.24. The second-order valence-corrected chi connectivity index (χ2v) is 4.61. The van der Waals surface area contributed by atoms with Crippen LogP contribution in [-0.2, 0) is 9.59 Å². The Labute approximate surface area is 122 Å². The van der Waals surface area contributed by atoms with Crippen molar-refractivity contribution in [3.63, 3.8) is 0 Å². The molecule has 0 radical (unpaired) electrons. The molecule has 0 atom stereocenters. The smallest absolute Gasteiger partial charge is 0.325 e. The molecular weight excluding hydrogens is 330 g/mol. The van der Waals surface area contributed by atoms with Crippen molar-refractivity contribution in [2.45, 2.75) is 12.8 Å². The molecule has 0 saturated carbocycles. The number of urea groups is 1. The quantitative estimate of drug-likeness (QED) is 0.772. The Hall–Kier alpha value is -2.40. The SMILES string of the molecule is N#Cc1ccc(Br)cc1NC(=O)NC(=O)CCC(=O)O. The van der Waals surface area contributed by atoms with Gasteiger partial charge in [0.15, 0.2) is 0 Å². The summed E-state index contributed by atoms with van der Waals surface area (Å²) in [5.41, 5.74) is 0.478. The van der Waals surface area contributed by atoms with Crippen LogP contribution in [0.5, 0.6) is 0 Å². The van der Waals surface area contributed by atoms with E-state index in [0.717, 1.165) is 0 Å². The third-order valence-electron chi connectivity index (χ3n) is 2.17. The summed E-state index contributed by atoms with van der Waals surface area (Å²) in [6, 6.07) is 5.73. The summed E-state index contributed by atoms with van der Waals surface area (Å²) in [4.78, 5) is 33.1. The predicted octanol–water partition coefficient (Wildman–Crippen LogP) is 1.83. The zero-order valence-electron chi connectivity index (χ0n) is 10.1. The lowest BCUT2D eigenvalue weighted by molar-refractivity contribution is -0.138. The highest BCUT2D eigenvalue weighted by molar-refractivity contribution is 9.10. The first kappa shape index (κ1) is 15.7. The van der Waals surface area contributed by atoms with E-state index in [2.05, 4.69) is 21.2 Å². The van der Waals surface area contributed by atoms with Crippen LogP contribution in [0.3, 0.4) is 0 Å². The van der Waals surface area contributed by atoms with Gasteiger partial charge in [-0.2, -0.15) is 5.26 Å². The van der Waals surface area contributed by atoms with E-state index in [-0.39, 0.29) is 24.1 Å². The van der Waals surface area contributed by atoms with Crippen LogP contribution >= 0.6 is 15.9 Å². The fourth-order valence-electron chi connectivity index (χ4n) is 1.28. The number of nitrogens with zero attached hydrogens (tertiary/aromatic N) is 1. The molecule has 0 bridgehead atoms. The highest BCUT2D eigenvalue weighted by Gasteiger charge is 2.11. The number of carboxylic acids is 1. The maximum Gasteiger partial charge on any atom is 0.325 e. The van der Waals surface area contributed by atoms with Crippen molar-refractivity contribution in [2.24, 2.45) is 0 Å². The summed E-state index contributed by atoms with van der Waals surface area (Å²) in [6.45, 7) is 0. The van der Waals surface area contributed by atoms with Crippen LogP contribution in [0.25, 0.3) is 0 Å². The van der Waals surface area contributed by atoms with Gasteiger partial charge in [0.2, 0.25) is 5.91 Å². The van der Waals surface area contributed by atoms with Crippen LogP contribution < -0.4 is 10.6 Å². The molecule has 0 unspecified atom stereocenters. The molecule has 0 spiro atoms. The molecule has 7 nitrogen and oxygen atoms in total. The Morgan fingerprint density at radius 1 is 1.30 bits per heavy atom. The molecule has 3 amide bonds. The van der Waals surface area contributed by atoms with Crippen LogP contribution in [0.4, 0.5) is 10.5 Å². The van der Waals surface area contributed by atoms with E-state index < -0.39 is 17.9 Å². The van der Waals surface area contributed by atoms with Crippen molar-refractivity contribution >= 4 is 39.5 Å². The molecule has 20 heavy (non-hydrogen) atoms. The molecular formula is C12H10BrN3O4. The van der Waals surface area contributed by atoms with Crippen molar-refractivity contribution in [1.29, 1.82) is 5.26 Å². The molecule has 8 heteroatoms. The van der Waals surface area contributed by atoms with Gasteiger partial charge in [-0.25, -0.2) is 4.79 Å². The van der Waals surface area contributed by atoms with Crippen LogP contribution in [0, 0.1) is 11.3 Å². The highest BCUT2D eigenvalue weighted by atomic mass is 79.9. The van der Waals surface area contributed by atoms with Crippen molar-refractivity contribution < 1.29 is 19.5 Å². The monoisotopic (exact) mass is 339 g/mol. The maximum atomic E-state index is 11.5. The van der Waals surface area contributed by atoms with E-state index in [1.807, 2.05) is 11.4 Å². The minimum atomic E-state index is -1.13. The predicted molar refractivity (Wildman–Crippen MR) is 72.9 cm³/mol. The van der Waals surface area contributed by atoms with Gasteiger partial charge in [0.1, 0.15) is 6.07 Å². The number of carbonyl (C=O) groups excluding carboxylic acids is 2.